The molecule has 1 aromatic heterocycles. The van der Waals surface area contributed by atoms with E-state index in [0.29, 0.717) is 0 Å². The van der Waals surface area contributed by atoms with Crippen molar-refractivity contribution >= 4 is 15.8 Å². The zero-order valence-electron chi connectivity index (χ0n) is 11.8. The molecule has 116 valence electrons. The van der Waals surface area contributed by atoms with E-state index in [-0.39, 0.29) is 15.4 Å². The first kappa shape index (κ1) is 15.0. The molecule has 0 amide bonds. The van der Waals surface area contributed by atoms with Gasteiger partial charge in [-0.15, -0.1) is 0 Å². The van der Waals surface area contributed by atoms with E-state index < -0.39 is 15.8 Å². The third-order valence-corrected chi connectivity index (χ3v) is 5.15. The first-order valence-electron chi connectivity index (χ1n) is 6.65. The Morgan fingerprint density at radius 2 is 1.52 bits per heavy atom. The molecule has 0 aliphatic carbocycles. The number of carboxylic acid groups (broad SMARTS) is 1. The van der Waals surface area contributed by atoms with Gasteiger partial charge in [0, 0.05) is 18.1 Å². The second-order valence-corrected chi connectivity index (χ2v) is 6.75. The summed E-state index contributed by atoms with van der Waals surface area (Å²) < 4.78 is 26.9. The summed E-state index contributed by atoms with van der Waals surface area (Å²) in [6.07, 6.45) is 5.01. The molecular weight excluding hydrogens is 316 g/mol. The number of carbonyl (C=O) groups is 1. The Balaban J connectivity index is 1.94. The number of hydrogen-bond donors (Lipinski definition) is 1. The predicted octanol–water partition coefficient (Wildman–Crippen LogP) is 2.40. The molecule has 1 heterocycles. The monoisotopic (exact) mass is 328 g/mol. The van der Waals surface area contributed by atoms with Crippen molar-refractivity contribution in [2.45, 2.75) is 9.79 Å². The van der Waals surface area contributed by atoms with Crippen LogP contribution in [0.15, 0.2) is 77.0 Å². The summed E-state index contributed by atoms with van der Waals surface area (Å²) in [5, 5.41) is 8.86. The van der Waals surface area contributed by atoms with E-state index in [1.165, 1.54) is 36.4 Å². The number of benzene rings is 2. The molecule has 6 nitrogen and oxygen atoms in total. The van der Waals surface area contributed by atoms with Gasteiger partial charge in [-0.25, -0.2) is 18.2 Å². The average Bonchev–Trinajstić information content (AvgIpc) is 3.09. The lowest BCUT2D eigenvalue weighted by Gasteiger charge is -2.07. The van der Waals surface area contributed by atoms with E-state index in [2.05, 4.69) is 4.98 Å². The van der Waals surface area contributed by atoms with Crippen molar-refractivity contribution < 1.29 is 18.3 Å². The molecule has 0 fully saturated rings. The van der Waals surface area contributed by atoms with Crippen molar-refractivity contribution in [3.63, 3.8) is 0 Å². The van der Waals surface area contributed by atoms with Crippen molar-refractivity contribution in [2.24, 2.45) is 0 Å². The van der Waals surface area contributed by atoms with Crippen LogP contribution in [0.1, 0.15) is 10.4 Å². The average molecular weight is 328 g/mol. The van der Waals surface area contributed by atoms with Gasteiger partial charge in [-0.2, -0.15) is 0 Å². The first-order valence-corrected chi connectivity index (χ1v) is 8.13. The number of aromatic nitrogens is 2. The predicted molar refractivity (Wildman–Crippen MR) is 82.4 cm³/mol. The van der Waals surface area contributed by atoms with Gasteiger partial charge in [-0.3, -0.25) is 0 Å². The van der Waals surface area contributed by atoms with Crippen LogP contribution in [0.4, 0.5) is 0 Å². The van der Waals surface area contributed by atoms with Crippen LogP contribution in [0, 0.1) is 0 Å². The van der Waals surface area contributed by atoms with Crippen molar-refractivity contribution in [2.75, 3.05) is 0 Å². The molecule has 0 saturated heterocycles. The molecule has 0 saturated carbocycles. The molecule has 0 aliphatic heterocycles. The van der Waals surface area contributed by atoms with Gasteiger partial charge >= 0.3 is 5.97 Å². The van der Waals surface area contributed by atoms with E-state index in [1.807, 2.05) is 0 Å². The van der Waals surface area contributed by atoms with E-state index in [1.54, 1.807) is 35.4 Å². The minimum Gasteiger partial charge on any atom is -0.478 e. The third-order valence-electron chi connectivity index (χ3n) is 3.36. The van der Waals surface area contributed by atoms with E-state index >= 15 is 0 Å². The summed E-state index contributed by atoms with van der Waals surface area (Å²) in [6, 6.07) is 11.5. The van der Waals surface area contributed by atoms with Gasteiger partial charge in [0.05, 0.1) is 21.7 Å². The topological polar surface area (TPSA) is 89.3 Å². The summed E-state index contributed by atoms with van der Waals surface area (Å²) in [6.45, 7) is 0. The van der Waals surface area contributed by atoms with Crippen LogP contribution >= 0.6 is 0 Å². The minimum absolute atomic E-state index is 0.0411. The van der Waals surface area contributed by atoms with E-state index in [4.69, 9.17) is 5.11 Å². The summed E-state index contributed by atoms with van der Waals surface area (Å²) in [5.74, 6) is -1.10. The summed E-state index contributed by atoms with van der Waals surface area (Å²) in [7, 11) is -3.68. The van der Waals surface area contributed by atoms with Gasteiger partial charge in [0.15, 0.2) is 0 Å². The van der Waals surface area contributed by atoms with Crippen LogP contribution in [0.3, 0.4) is 0 Å². The highest BCUT2D eigenvalue weighted by atomic mass is 32.2. The van der Waals surface area contributed by atoms with Crippen molar-refractivity contribution in [1.82, 2.24) is 9.55 Å². The van der Waals surface area contributed by atoms with Gasteiger partial charge in [-0.1, -0.05) is 0 Å². The maximum atomic E-state index is 12.5. The Kier molecular flexibility index (Phi) is 3.71. The van der Waals surface area contributed by atoms with Crippen LogP contribution in [0.25, 0.3) is 5.69 Å². The maximum Gasteiger partial charge on any atom is 0.335 e. The highest BCUT2D eigenvalue weighted by molar-refractivity contribution is 7.91. The summed E-state index contributed by atoms with van der Waals surface area (Å²) >= 11 is 0. The molecule has 0 unspecified atom stereocenters. The van der Waals surface area contributed by atoms with Crippen LogP contribution in [0.5, 0.6) is 0 Å². The molecule has 0 atom stereocenters. The van der Waals surface area contributed by atoms with Gasteiger partial charge in [-0.05, 0) is 48.5 Å². The Morgan fingerprint density at radius 3 is 2.00 bits per heavy atom. The molecular formula is C16H12N2O4S. The Morgan fingerprint density at radius 1 is 0.957 bits per heavy atom. The Labute approximate surface area is 132 Å². The zero-order chi connectivity index (χ0) is 16.4. The van der Waals surface area contributed by atoms with Gasteiger partial charge in [0.1, 0.15) is 0 Å². The fourth-order valence-electron chi connectivity index (χ4n) is 2.12. The Hall–Kier alpha value is -2.93. The Bertz CT molecular complexity index is 929. The van der Waals surface area contributed by atoms with Crippen LogP contribution < -0.4 is 0 Å². The lowest BCUT2D eigenvalue weighted by Crippen LogP contribution is -2.03. The first-order chi connectivity index (χ1) is 11.0. The number of aromatic carboxylic acids is 1. The number of sulfone groups is 1. The minimum atomic E-state index is -3.68. The fourth-order valence-corrected chi connectivity index (χ4v) is 3.38. The lowest BCUT2D eigenvalue weighted by molar-refractivity contribution is 0.0696. The van der Waals surface area contributed by atoms with E-state index in [0.717, 1.165) is 5.69 Å². The molecule has 0 spiro atoms. The molecule has 0 radical (unpaired) electrons. The normalized spacial score (nSPS) is 11.3. The van der Waals surface area contributed by atoms with Gasteiger partial charge < -0.3 is 9.67 Å². The van der Waals surface area contributed by atoms with Gasteiger partial charge in [0.25, 0.3) is 0 Å². The SMILES string of the molecule is O=C(O)c1ccc(S(=O)(=O)c2ccc(-n3ccnc3)cc2)cc1. The van der Waals surface area contributed by atoms with Crippen LogP contribution in [-0.2, 0) is 9.84 Å². The molecule has 1 N–H and O–H groups in total. The number of hydrogen-bond acceptors (Lipinski definition) is 4. The van der Waals surface area contributed by atoms with Crippen LogP contribution in [-0.4, -0.2) is 29.0 Å². The summed E-state index contributed by atoms with van der Waals surface area (Å²) in [4.78, 5) is 15.0. The van der Waals surface area contributed by atoms with Crippen molar-refractivity contribution in [1.29, 1.82) is 0 Å². The quantitative estimate of drug-likeness (QED) is 0.794. The maximum absolute atomic E-state index is 12.5. The highest BCUT2D eigenvalue weighted by Crippen LogP contribution is 2.22. The number of nitrogens with zero attached hydrogens (tertiary/aromatic N) is 2. The van der Waals surface area contributed by atoms with Crippen LogP contribution in [0.2, 0.25) is 0 Å². The second kappa shape index (κ2) is 5.69. The smallest absolute Gasteiger partial charge is 0.335 e. The largest absolute Gasteiger partial charge is 0.478 e. The molecule has 7 heteroatoms. The number of carboxylic acids is 1. The highest BCUT2D eigenvalue weighted by Gasteiger charge is 2.18. The third kappa shape index (κ3) is 2.86. The fraction of sp³-hybridized carbons (Fsp3) is 0. The zero-order valence-corrected chi connectivity index (χ0v) is 12.6. The molecule has 0 bridgehead atoms. The molecule has 0 aliphatic rings. The van der Waals surface area contributed by atoms with E-state index in [9.17, 15) is 13.2 Å². The second-order valence-electron chi connectivity index (χ2n) is 4.80. The number of imidazole rings is 1. The number of rotatable bonds is 4. The lowest BCUT2D eigenvalue weighted by atomic mass is 10.2. The summed E-state index contributed by atoms with van der Waals surface area (Å²) in [5.41, 5.74) is 0.835. The van der Waals surface area contributed by atoms with Crippen molar-refractivity contribution in [3.8, 4) is 5.69 Å². The molecule has 23 heavy (non-hydrogen) atoms. The standard InChI is InChI=1S/C16H12N2O4S/c19-16(20)12-1-5-14(6-2-12)23(21,22)15-7-3-13(4-8-15)18-10-9-17-11-18/h1-11H,(H,19,20). The van der Waals surface area contributed by atoms with Crippen molar-refractivity contribution in [3.05, 3.63) is 72.8 Å². The van der Waals surface area contributed by atoms with Gasteiger partial charge in [0.2, 0.25) is 9.84 Å². The molecule has 2 aromatic carbocycles. The molecule has 3 rings (SSSR count). The molecule has 3 aromatic rings.